The number of hydrogen-bond acceptors (Lipinski definition) is 4. The summed E-state index contributed by atoms with van der Waals surface area (Å²) in [5.41, 5.74) is 8.39. The highest BCUT2D eigenvalue weighted by Crippen LogP contribution is 2.62. The molecule has 2 aliphatic carbocycles. The van der Waals surface area contributed by atoms with Crippen molar-refractivity contribution in [2.45, 2.75) is 70.1 Å². The monoisotopic (exact) mass is 602 g/mol. The molecule has 0 aromatic heterocycles. The fourth-order valence-corrected chi connectivity index (χ4v) is 13.1. The smallest absolute Gasteiger partial charge is 0.283 e. The second kappa shape index (κ2) is 9.60. The SMILES string of the molecule is C[C@H]1C[C@@]2(CC[C@@H]1O[Si](c1ccccc1)(c1ccccc1)C(C)(C)C)Cc1ccc(Br)cc1C21COC(N)=N1. The summed E-state index contributed by atoms with van der Waals surface area (Å²) in [7, 11) is -2.63. The fraction of sp³-hybridized carbons (Fsp3) is 0.424. The maximum atomic E-state index is 7.64. The number of amidine groups is 1. The normalized spacial score (nSPS) is 28.4. The zero-order valence-corrected chi connectivity index (χ0v) is 26.0. The number of nitrogens with zero attached hydrogens (tertiary/aromatic N) is 1. The van der Waals surface area contributed by atoms with Gasteiger partial charge in [-0.05, 0) is 70.3 Å². The molecule has 1 unspecified atom stereocenters. The molecule has 0 radical (unpaired) electrons. The maximum absolute atomic E-state index is 7.64. The number of aliphatic imine (C=N–C) groups is 1. The van der Waals surface area contributed by atoms with Crippen molar-refractivity contribution in [1.29, 1.82) is 0 Å². The Hall–Kier alpha value is -2.41. The van der Waals surface area contributed by atoms with Crippen molar-refractivity contribution >= 4 is 40.6 Å². The van der Waals surface area contributed by atoms with Gasteiger partial charge in [-0.1, -0.05) is 110 Å². The molecule has 1 saturated carbocycles. The molecule has 0 bridgehead atoms. The minimum atomic E-state index is -2.63. The lowest BCUT2D eigenvalue weighted by Crippen LogP contribution is -2.68. The molecule has 2 spiro atoms. The van der Waals surface area contributed by atoms with Crippen LogP contribution < -0.4 is 16.1 Å². The molecule has 0 saturated heterocycles. The van der Waals surface area contributed by atoms with Gasteiger partial charge >= 0.3 is 0 Å². The molecular weight excluding hydrogens is 564 g/mol. The van der Waals surface area contributed by atoms with E-state index in [4.69, 9.17) is 19.9 Å². The van der Waals surface area contributed by atoms with Crippen LogP contribution >= 0.6 is 15.9 Å². The first-order chi connectivity index (χ1) is 18.6. The number of rotatable bonds is 4. The number of fused-ring (bicyclic) bond motifs is 3. The minimum absolute atomic E-state index is 0.0258. The van der Waals surface area contributed by atoms with Crippen LogP contribution in [-0.4, -0.2) is 27.0 Å². The molecule has 204 valence electrons. The minimum Gasteiger partial charge on any atom is -0.462 e. The predicted molar refractivity (Wildman–Crippen MR) is 165 cm³/mol. The summed E-state index contributed by atoms with van der Waals surface area (Å²) in [4.78, 5) is 5.07. The van der Waals surface area contributed by atoms with Crippen LogP contribution in [0.5, 0.6) is 0 Å². The Morgan fingerprint density at radius 3 is 2.18 bits per heavy atom. The number of ether oxygens (including phenoxy) is 1. The van der Waals surface area contributed by atoms with E-state index < -0.39 is 13.9 Å². The Labute approximate surface area is 242 Å². The molecular formula is C33H39BrN2O2Si. The molecule has 6 rings (SSSR count). The summed E-state index contributed by atoms with van der Waals surface area (Å²) in [6.45, 7) is 10.0. The van der Waals surface area contributed by atoms with Gasteiger partial charge < -0.3 is 14.9 Å². The third kappa shape index (κ3) is 4.13. The standard InChI is InChI=1S/C33H39BrN2O2Si/c1-23-20-32(21-24-15-16-25(34)19-28(24)33(32)22-37-30(35)36-33)18-17-29(23)38-39(31(2,3)4,26-11-7-5-8-12-26)27-13-9-6-10-14-27/h5-16,19,23,29H,17-18,20-22H2,1-4H3,(H2,35,36)/t23-,29-,32-,33?/m0/s1. The van der Waals surface area contributed by atoms with Crippen LogP contribution in [0.1, 0.15) is 58.1 Å². The van der Waals surface area contributed by atoms with Crippen LogP contribution in [0.25, 0.3) is 0 Å². The second-order valence-electron chi connectivity index (χ2n) is 12.9. The molecule has 4 nitrogen and oxygen atoms in total. The molecule has 1 fully saturated rings. The third-order valence-corrected chi connectivity index (χ3v) is 15.2. The molecule has 3 aliphatic rings. The molecule has 3 aromatic carbocycles. The van der Waals surface area contributed by atoms with Gasteiger partial charge in [0.05, 0.1) is 0 Å². The Morgan fingerprint density at radius 2 is 1.64 bits per heavy atom. The zero-order chi connectivity index (χ0) is 27.5. The Balaban J connectivity index is 1.38. The number of halogens is 1. The molecule has 6 heteroatoms. The van der Waals surface area contributed by atoms with E-state index in [1.165, 1.54) is 21.5 Å². The van der Waals surface area contributed by atoms with Gasteiger partial charge in [0.1, 0.15) is 12.1 Å². The van der Waals surface area contributed by atoms with E-state index >= 15 is 0 Å². The topological polar surface area (TPSA) is 56.8 Å². The average Bonchev–Trinajstić information content (AvgIpc) is 3.42. The van der Waals surface area contributed by atoms with Crippen molar-refractivity contribution in [3.05, 3.63) is 94.5 Å². The first-order valence-electron chi connectivity index (χ1n) is 14.2. The fourth-order valence-electron chi connectivity index (χ4n) is 7.91. The van der Waals surface area contributed by atoms with Gasteiger partial charge in [-0.2, -0.15) is 0 Å². The predicted octanol–water partition coefficient (Wildman–Crippen LogP) is 6.30. The van der Waals surface area contributed by atoms with Gasteiger partial charge in [-0.3, -0.25) is 0 Å². The highest BCUT2D eigenvalue weighted by Gasteiger charge is 2.63. The van der Waals surface area contributed by atoms with Gasteiger partial charge in [0.15, 0.2) is 0 Å². The second-order valence-corrected chi connectivity index (χ2v) is 18.1. The van der Waals surface area contributed by atoms with Crippen LogP contribution in [0.2, 0.25) is 5.04 Å². The summed E-state index contributed by atoms with van der Waals surface area (Å²) in [6, 6.07) is 29.0. The lowest BCUT2D eigenvalue weighted by atomic mass is 9.59. The van der Waals surface area contributed by atoms with E-state index in [1.54, 1.807) is 0 Å². The molecule has 4 atom stereocenters. The van der Waals surface area contributed by atoms with Crippen LogP contribution in [0.3, 0.4) is 0 Å². The lowest BCUT2D eigenvalue weighted by molar-refractivity contribution is -0.0187. The van der Waals surface area contributed by atoms with Crippen molar-refractivity contribution in [1.82, 2.24) is 0 Å². The molecule has 1 heterocycles. The van der Waals surface area contributed by atoms with Crippen molar-refractivity contribution in [2.75, 3.05) is 6.61 Å². The third-order valence-electron chi connectivity index (χ3n) is 9.65. The van der Waals surface area contributed by atoms with Crippen LogP contribution in [0, 0.1) is 11.3 Å². The molecule has 39 heavy (non-hydrogen) atoms. The first kappa shape index (κ1) is 26.8. The highest BCUT2D eigenvalue weighted by atomic mass is 79.9. The van der Waals surface area contributed by atoms with E-state index in [2.05, 4.69) is 122 Å². The molecule has 1 aliphatic heterocycles. The largest absolute Gasteiger partial charge is 0.462 e. The van der Waals surface area contributed by atoms with Gasteiger partial charge in [-0.25, -0.2) is 4.99 Å². The maximum Gasteiger partial charge on any atom is 0.283 e. The van der Waals surface area contributed by atoms with Crippen molar-refractivity contribution < 1.29 is 9.16 Å². The van der Waals surface area contributed by atoms with Crippen molar-refractivity contribution in [2.24, 2.45) is 22.1 Å². The summed E-state index contributed by atoms with van der Waals surface area (Å²) in [5.74, 6) is 0.368. The lowest BCUT2D eigenvalue weighted by Gasteiger charge is -2.52. The van der Waals surface area contributed by atoms with Crippen LogP contribution in [0.4, 0.5) is 0 Å². The van der Waals surface area contributed by atoms with E-state index in [0.717, 1.165) is 30.2 Å². The zero-order valence-electron chi connectivity index (χ0n) is 23.4. The summed E-state index contributed by atoms with van der Waals surface area (Å²) in [6.07, 6.45) is 4.23. The highest BCUT2D eigenvalue weighted by molar-refractivity contribution is 9.10. The average molecular weight is 604 g/mol. The first-order valence-corrected chi connectivity index (χ1v) is 16.9. The van der Waals surface area contributed by atoms with Crippen molar-refractivity contribution in [3.8, 4) is 0 Å². The van der Waals surface area contributed by atoms with Gasteiger partial charge in [0, 0.05) is 16.0 Å². The summed E-state index contributed by atoms with van der Waals surface area (Å²) in [5, 5.41) is 2.64. The number of hydrogen-bond donors (Lipinski definition) is 1. The summed E-state index contributed by atoms with van der Waals surface area (Å²) >= 11 is 3.70. The molecule has 3 aromatic rings. The van der Waals surface area contributed by atoms with E-state index in [-0.39, 0.29) is 16.6 Å². The van der Waals surface area contributed by atoms with Gasteiger partial charge in [-0.15, -0.1) is 0 Å². The summed E-state index contributed by atoms with van der Waals surface area (Å²) < 4.78 is 14.6. The quantitative estimate of drug-likeness (QED) is 0.357. The van der Waals surface area contributed by atoms with Gasteiger partial charge in [0.25, 0.3) is 14.3 Å². The Kier molecular flexibility index (Phi) is 6.60. The van der Waals surface area contributed by atoms with Crippen LogP contribution in [-0.2, 0) is 21.1 Å². The van der Waals surface area contributed by atoms with E-state index in [9.17, 15) is 0 Å². The van der Waals surface area contributed by atoms with E-state index in [0.29, 0.717) is 18.5 Å². The van der Waals surface area contributed by atoms with E-state index in [1.807, 2.05) is 0 Å². The van der Waals surface area contributed by atoms with Gasteiger partial charge in [0.2, 0.25) is 0 Å². The molecule has 0 amide bonds. The Morgan fingerprint density at radius 1 is 1.00 bits per heavy atom. The molecule has 2 N–H and O–H groups in total. The Bertz CT molecular complexity index is 1350. The number of nitrogens with two attached hydrogens (primary N) is 1. The van der Waals surface area contributed by atoms with Crippen LogP contribution in [0.15, 0.2) is 88.3 Å². The van der Waals surface area contributed by atoms with Crippen molar-refractivity contribution in [3.63, 3.8) is 0 Å². The number of benzene rings is 3.